The molecule has 0 radical (unpaired) electrons. The highest BCUT2D eigenvalue weighted by molar-refractivity contribution is 7.10. The Morgan fingerprint density at radius 1 is 1.15 bits per heavy atom. The van der Waals surface area contributed by atoms with Crippen molar-refractivity contribution in [1.29, 1.82) is 0 Å². The molecule has 0 saturated heterocycles. The van der Waals surface area contributed by atoms with E-state index >= 15 is 0 Å². The SMILES string of the molecule is OCCC#Cc1csc(COc2ccc(CO)cc2)c1. The minimum absolute atomic E-state index is 0.0427. The maximum atomic E-state index is 8.96. The van der Waals surface area contributed by atoms with Crippen molar-refractivity contribution in [2.75, 3.05) is 6.61 Å². The molecule has 1 aromatic heterocycles. The molecule has 20 heavy (non-hydrogen) atoms. The summed E-state index contributed by atoms with van der Waals surface area (Å²) in [7, 11) is 0. The summed E-state index contributed by atoms with van der Waals surface area (Å²) >= 11 is 1.60. The average Bonchev–Trinajstić information content (AvgIpc) is 2.94. The van der Waals surface area contributed by atoms with Gasteiger partial charge in [-0.15, -0.1) is 11.3 Å². The minimum atomic E-state index is 0.0427. The molecule has 1 heterocycles. The van der Waals surface area contributed by atoms with Gasteiger partial charge in [0, 0.05) is 22.2 Å². The monoisotopic (exact) mass is 288 g/mol. The van der Waals surface area contributed by atoms with Gasteiger partial charge in [-0.3, -0.25) is 0 Å². The number of benzene rings is 1. The third-order valence-corrected chi connectivity index (χ3v) is 3.52. The Bertz CT molecular complexity index is 590. The maximum Gasteiger partial charge on any atom is 0.122 e. The topological polar surface area (TPSA) is 49.7 Å². The summed E-state index contributed by atoms with van der Waals surface area (Å²) in [4.78, 5) is 1.10. The van der Waals surface area contributed by atoms with Crippen LogP contribution in [-0.4, -0.2) is 16.8 Å². The van der Waals surface area contributed by atoms with Crippen LogP contribution in [0.15, 0.2) is 35.7 Å². The molecule has 0 aliphatic heterocycles. The van der Waals surface area contributed by atoms with Crippen LogP contribution in [0.5, 0.6) is 5.75 Å². The largest absolute Gasteiger partial charge is 0.488 e. The van der Waals surface area contributed by atoms with Gasteiger partial charge < -0.3 is 14.9 Å². The molecular formula is C16H16O3S. The summed E-state index contributed by atoms with van der Waals surface area (Å²) in [5.41, 5.74) is 1.83. The standard InChI is InChI=1S/C16H16O3S/c17-8-2-1-3-14-9-16(20-12-14)11-19-15-6-4-13(10-18)5-7-15/h4-7,9,12,17-18H,2,8,10-11H2. The van der Waals surface area contributed by atoms with Crippen molar-refractivity contribution in [3.05, 3.63) is 51.7 Å². The summed E-state index contributed by atoms with van der Waals surface area (Å²) in [5.74, 6) is 6.67. The first-order chi connectivity index (χ1) is 9.81. The second-order valence-corrected chi connectivity index (χ2v) is 5.16. The summed E-state index contributed by atoms with van der Waals surface area (Å²) in [6.45, 7) is 0.642. The highest BCUT2D eigenvalue weighted by atomic mass is 32.1. The molecule has 0 saturated carbocycles. The Kier molecular flexibility index (Phi) is 5.63. The lowest BCUT2D eigenvalue weighted by atomic mass is 10.2. The molecule has 0 amide bonds. The molecule has 0 aliphatic carbocycles. The highest BCUT2D eigenvalue weighted by Gasteiger charge is 2.00. The second kappa shape index (κ2) is 7.71. The van der Waals surface area contributed by atoms with Crippen LogP contribution in [0.4, 0.5) is 0 Å². The number of hydrogen-bond donors (Lipinski definition) is 2. The molecule has 0 fully saturated rings. The maximum absolute atomic E-state index is 8.96. The molecule has 0 unspecified atom stereocenters. The van der Waals surface area contributed by atoms with Crippen LogP contribution in [0.2, 0.25) is 0 Å². The molecule has 0 spiro atoms. The average molecular weight is 288 g/mol. The quantitative estimate of drug-likeness (QED) is 0.831. The van der Waals surface area contributed by atoms with Gasteiger partial charge in [0.15, 0.2) is 0 Å². The van der Waals surface area contributed by atoms with Gasteiger partial charge >= 0.3 is 0 Å². The van der Waals surface area contributed by atoms with Gasteiger partial charge in [-0.05, 0) is 23.8 Å². The fourth-order valence-corrected chi connectivity index (χ4v) is 2.32. The van der Waals surface area contributed by atoms with E-state index in [0.717, 1.165) is 21.8 Å². The number of aliphatic hydroxyl groups excluding tert-OH is 2. The molecule has 2 rings (SSSR count). The number of ether oxygens (including phenoxy) is 1. The first-order valence-electron chi connectivity index (χ1n) is 6.31. The Hall–Kier alpha value is -1.80. The van der Waals surface area contributed by atoms with Crippen molar-refractivity contribution in [1.82, 2.24) is 0 Å². The van der Waals surface area contributed by atoms with E-state index in [2.05, 4.69) is 11.8 Å². The van der Waals surface area contributed by atoms with Gasteiger partial charge in [0.1, 0.15) is 12.4 Å². The van der Waals surface area contributed by atoms with E-state index in [1.165, 1.54) is 0 Å². The van der Waals surface area contributed by atoms with E-state index < -0.39 is 0 Å². The number of rotatable bonds is 5. The van der Waals surface area contributed by atoms with Crippen molar-refractivity contribution >= 4 is 11.3 Å². The van der Waals surface area contributed by atoms with E-state index in [4.69, 9.17) is 14.9 Å². The number of thiophene rings is 1. The van der Waals surface area contributed by atoms with E-state index in [9.17, 15) is 0 Å². The lowest BCUT2D eigenvalue weighted by Crippen LogP contribution is -1.93. The Balaban J connectivity index is 1.89. The first kappa shape index (κ1) is 14.6. The van der Waals surface area contributed by atoms with Crippen LogP contribution >= 0.6 is 11.3 Å². The molecule has 4 heteroatoms. The molecule has 1 aromatic carbocycles. The molecule has 104 valence electrons. The van der Waals surface area contributed by atoms with Gasteiger partial charge in [0.2, 0.25) is 0 Å². The summed E-state index contributed by atoms with van der Waals surface area (Å²) < 4.78 is 5.67. The Morgan fingerprint density at radius 3 is 2.65 bits per heavy atom. The zero-order valence-corrected chi connectivity index (χ0v) is 11.8. The fraction of sp³-hybridized carbons (Fsp3) is 0.250. The molecule has 2 N–H and O–H groups in total. The van der Waals surface area contributed by atoms with E-state index in [0.29, 0.717) is 13.0 Å². The van der Waals surface area contributed by atoms with Crippen LogP contribution in [0, 0.1) is 11.8 Å². The summed E-state index contributed by atoms with van der Waals surface area (Å²) in [6, 6.07) is 9.38. The third-order valence-electron chi connectivity index (χ3n) is 2.61. The van der Waals surface area contributed by atoms with Crippen molar-refractivity contribution in [3.63, 3.8) is 0 Å². The third kappa shape index (κ3) is 4.39. The predicted octanol–water partition coefficient (Wildman–Crippen LogP) is 2.55. The van der Waals surface area contributed by atoms with Crippen LogP contribution in [0.25, 0.3) is 0 Å². The van der Waals surface area contributed by atoms with E-state index in [1.807, 2.05) is 35.7 Å². The van der Waals surface area contributed by atoms with Crippen molar-refractivity contribution in [2.45, 2.75) is 19.6 Å². The van der Waals surface area contributed by atoms with Crippen molar-refractivity contribution in [2.24, 2.45) is 0 Å². The van der Waals surface area contributed by atoms with Crippen LogP contribution < -0.4 is 4.74 Å². The van der Waals surface area contributed by atoms with E-state index in [-0.39, 0.29) is 13.2 Å². The second-order valence-electron chi connectivity index (χ2n) is 4.17. The van der Waals surface area contributed by atoms with Crippen molar-refractivity contribution < 1.29 is 14.9 Å². The molecule has 2 aromatic rings. The summed E-state index contributed by atoms with van der Waals surface area (Å²) in [6.07, 6.45) is 0.499. The minimum Gasteiger partial charge on any atom is -0.488 e. The molecule has 0 aliphatic rings. The van der Waals surface area contributed by atoms with Gasteiger partial charge in [-0.25, -0.2) is 0 Å². The van der Waals surface area contributed by atoms with Crippen LogP contribution in [-0.2, 0) is 13.2 Å². The fourth-order valence-electron chi connectivity index (χ4n) is 1.59. The number of aliphatic hydroxyl groups is 2. The van der Waals surface area contributed by atoms with Gasteiger partial charge in [-0.2, -0.15) is 0 Å². The lowest BCUT2D eigenvalue weighted by Gasteiger charge is -2.04. The van der Waals surface area contributed by atoms with Crippen molar-refractivity contribution in [3.8, 4) is 17.6 Å². The van der Waals surface area contributed by atoms with Gasteiger partial charge in [0.05, 0.1) is 13.2 Å². The molecule has 3 nitrogen and oxygen atoms in total. The van der Waals surface area contributed by atoms with Gasteiger partial charge in [-0.1, -0.05) is 24.0 Å². The summed E-state index contributed by atoms with van der Waals surface area (Å²) in [5, 5.41) is 19.6. The van der Waals surface area contributed by atoms with E-state index in [1.54, 1.807) is 11.3 Å². The Morgan fingerprint density at radius 2 is 1.95 bits per heavy atom. The van der Waals surface area contributed by atoms with Gasteiger partial charge in [0.25, 0.3) is 0 Å². The normalized spacial score (nSPS) is 9.90. The zero-order chi connectivity index (χ0) is 14.2. The van der Waals surface area contributed by atoms with Crippen LogP contribution in [0.1, 0.15) is 22.4 Å². The predicted molar refractivity (Wildman–Crippen MR) is 79.6 cm³/mol. The molecule has 0 atom stereocenters. The lowest BCUT2D eigenvalue weighted by molar-refractivity contribution is 0.281. The molecule has 0 bridgehead atoms. The zero-order valence-electron chi connectivity index (χ0n) is 11.0. The number of hydrogen-bond acceptors (Lipinski definition) is 4. The molecular weight excluding hydrogens is 272 g/mol. The first-order valence-corrected chi connectivity index (χ1v) is 7.19. The highest BCUT2D eigenvalue weighted by Crippen LogP contribution is 2.18. The Labute approximate surface area is 122 Å². The smallest absolute Gasteiger partial charge is 0.122 e. The van der Waals surface area contributed by atoms with Crippen LogP contribution in [0.3, 0.4) is 0 Å².